The van der Waals surface area contributed by atoms with Gasteiger partial charge in [0.25, 0.3) is 5.91 Å². The number of nitrogens with two attached hydrogens (primary N) is 1. The molecule has 1 aliphatic rings. The van der Waals surface area contributed by atoms with Crippen LogP contribution in [0.3, 0.4) is 0 Å². The Morgan fingerprint density at radius 2 is 2.21 bits per heavy atom. The minimum absolute atomic E-state index is 0.0880. The molecular formula is C12H12N4O3. The van der Waals surface area contributed by atoms with Gasteiger partial charge < -0.3 is 10.3 Å². The number of hydrogen-bond donors (Lipinski definition) is 1. The quantitative estimate of drug-likeness (QED) is 0.879. The first kappa shape index (κ1) is 11.8. The summed E-state index contributed by atoms with van der Waals surface area (Å²) in [6.07, 6.45) is 0.370. The van der Waals surface area contributed by atoms with E-state index >= 15 is 0 Å². The second kappa shape index (κ2) is 4.79. The maximum Gasteiger partial charge on any atom is 0.253 e. The van der Waals surface area contributed by atoms with Crippen LogP contribution < -0.4 is 10.8 Å². The molecule has 0 saturated carbocycles. The van der Waals surface area contributed by atoms with Gasteiger partial charge in [0.2, 0.25) is 11.7 Å². The zero-order valence-electron chi connectivity index (χ0n) is 10.1. The molecule has 2 aromatic rings. The first-order valence-corrected chi connectivity index (χ1v) is 5.87. The number of aromatic nitrogens is 2. The fraction of sp³-hybridized carbons (Fsp3) is 0.250. The molecule has 7 nitrogen and oxygen atoms in total. The SMILES string of the molecule is NCc1nc(-c2ccccc2N2OCCC2=O)no1. The second-order valence-corrected chi connectivity index (χ2v) is 4.00. The molecule has 0 unspecified atom stereocenters. The minimum Gasteiger partial charge on any atom is -0.338 e. The van der Waals surface area contributed by atoms with E-state index in [2.05, 4.69) is 10.1 Å². The maximum absolute atomic E-state index is 11.7. The van der Waals surface area contributed by atoms with Crippen LogP contribution in [0, 0.1) is 0 Å². The number of anilines is 1. The number of hydroxylamine groups is 1. The Labute approximate surface area is 108 Å². The molecular weight excluding hydrogens is 248 g/mol. The third-order valence-electron chi connectivity index (χ3n) is 2.77. The van der Waals surface area contributed by atoms with Gasteiger partial charge in [0, 0.05) is 5.56 Å². The van der Waals surface area contributed by atoms with Crippen molar-refractivity contribution in [3.05, 3.63) is 30.2 Å². The zero-order valence-corrected chi connectivity index (χ0v) is 10.1. The van der Waals surface area contributed by atoms with Crippen LogP contribution in [-0.2, 0) is 16.2 Å². The van der Waals surface area contributed by atoms with E-state index in [0.717, 1.165) is 0 Å². The molecule has 0 bridgehead atoms. The second-order valence-electron chi connectivity index (χ2n) is 4.00. The molecule has 7 heteroatoms. The lowest BCUT2D eigenvalue weighted by molar-refractivity contribution is -0.119. The molecule has 0 radical (unpaired) electrons. The smallest absolute Gasteiger partial charge is 0.253 e. The average Bonchev–Trinajstić information content (AvgIpc) is 3.07. The van der Waals surface area contributed by atoms with Gasteiger partial charge >= 0.3 is 0 Å². The van der Waals surface area contributed by atoms with Crippen LogP contribution in [-0.4, -0.2) is 22.7 Å². The molecule has 3 rings (SSSR count). The van der Waals surface area contributed by atoms with Gasteiger partial charge in [-0.05, 0) is 12.1 Å². The van der Waals surface area contributed by atoms with E-state index in [9.17, 15) is 4.79 Å². The molecule has 1 aromatic carbocycles. The van der Waals surface area contributed by atoms with E-state index in [4.69, 9.17) is 15.1 Å². The number of amides is 1. The third kappa shape index (κ3) is 2.09. The van der Waals surface area contributed by atoms with E-state index < -0.39 is 0 Å². The maximum atomic E-state index is 11.7. The van der Waals surface area contributed by atoms with Crippen LogP contribution in [0.15, 0.2) is 28.8 Å². The molecule has 1 saturated heterocycles. The summed E-state index contributed by atoms with van der Waals surface area (Å²) in [6.45, 7) is 0.557. The summed E-state index contributed by atoms with van der Waals surface area (Å²) in [7, 11) is 0. The Bertz CT molecular complexity index is 611. The number of rotatable bonds is 3. The Morgan fingerprint density at radius 3 is 2.89 bits per heavy atom. The minimum atomic E-state index is -0.0880. The van der Waals surface area contributed by atoms with Crippen molar-refractivity contribution in [2.24, 2.45) is 5.73 Å². The lowest BCUT2D eigenvalue weighted by Crippen LogP contribution is -2.22. The van der Waals surface area contributed by atoms with Crippen molar-refractivity contribution in [2.45, 2.75) is 13.0 Å². The van der Waals surface area contributed by atoms with Crippen molar-refractivity contribution in [1.82, 2.24) is 10.1 Å². The van der Waals surface area contributed by atoms with E-state index in [0.29, 0.717) is 36.0 Å². The predicted octanol–water partition coefficient (Wildman–Crippen LogP) is 0.864. The van der Waals surface area contributed by atoms with Crippen LogP contribution in [0.1, 0.15) is 12.3 Å². The van der Waals surface area contributed by atoms with Crippen molar-refractivity contribution < 1.29 is 14.2 Å². The lowest BCUT2D eigenvalue weighted by atomic mass is 10.1. The third-order valence-corrected chi connectivity index (χ3v) is 2.77. The van der Waals surface area contributed by atoms with Crippen LogP contribution >= 0.6 is 0 Å². The molecule has 0 atom stereocenters. The summed E-state index contributed by atoms with van der Waals surface area (Å²) in [6, 6.07) is 7.22. The molecule has 98 valence electrons. The molecule has 2 heterocycles. The summed E-state index contributed by atoms with van der Waals surface area (Å²) in [4.78, 5) is 21.2. The van der Waals surface area contributed by atoms with Crippen LogP contribution in [0.4, 0.5) is 5.69 Å². The van der Waals surface area contributed by atoms with Crippen LogP contribution in [0.2, 0.25) is 0 Å². The first-order valence-electron chi connectivity index (χ1n) is 5.87. The highest BCUT2D eigenvalue weighted by Gasteiger charge is 2.26. The normalized spacial score (nSPS) is 15.2. The van der Waals surface area contributed by atoms with Gasteiger partial charge in [0.05, 0.1) is 25.3 Å². The molecule has 1 amide bonds. The van der Waals surface area contributed by atoms with Gasteiger partial charge in [-0.2, -0.15) is 10.0 Å². The Kier molecular flexibility index (Phi) is 2.98. The Morgan fingerprint density at radius 1 is 1.37 bits per heavy atom. The fourth-order valence-corrected chi connectivity index (χ4v) is 1.89. The van der Waals surface area contributed by atoms with Crippen molar-refractivity contribution in [1.29, 1.82) is 0 Å². The number of benzene rings is 1. The van der Waals surface area contributed by atoms with Gasteiger partial charge in [-0.15, -0.1) is 0 Å². The number of nitrogens with zero attached hydrogens (tertiary/aromatic N) is 3. The summed E-state index contributed by atoms with van der Waals surface area (Å²) in [5.74, 6) is 0.646. The highest BCUT2D eigenvalue weighted by molar-refractivity contribution is 5.96. The number of carbonyl (C=O) groups excluding carboxylic acids is 1. The zero-order chi connectivity index (χ0) is 13.2. The van der Waals surface area contributed by atoms with Gasteiger partial charge in [-0.3, -0.25) is 9.63 Å². The van der Waals surface area contributed by atoms with Crippen LogP contribution in [0.5, 0.6) is 0 Å². The van der Waals surface area contributed by atoms with Gasteiger partial charge in [-0.1, -0.05) is 17.3 Å². The predicted molar refractivity (Wildman–Crippen MR) is 65.7 cm³/mol. The lowest BCUT2D eigenvalue weighted by Gasteiger charge is -2.16. The highest BCUT2D eigenvalue weighted by Crippen LogP contribution is 2.31. The van der Waals surface area contributed by atoms with Crippen molar-refractivity contribution in [3.8, 4) is 11.4 Å². The van der Waals surface area contributed by atoms with Crippen molar-refractivity contribution >= 4 is 11.6 Å². The molecule has 1 fully saturated rings. The molecule has 0 spiro atoms. The summed E-state index contributed by atoms with van der Waals surface area (Å²) >= 11 is 0. The van der Waals surface area contributed by atoms with Gasteiger partial charge in [-0.25, -0.2) is 0 Å². The van der Waals surface area contributed by atoms with Crippen molar-refractivity contribution in [3.63, 3.8) is 0 Å². The molecule has 1 aliphatic heterocycles. The monoisotopic (exact) mass is 260 g/mol. The van der Waals surface area contributed by atoms with E-state index in [1.54, 1.807) is 12.1 Å². The largest absolute Gasteiger partial charge is 0.338 e. The van der Waals surface area contributed by atoms with Gasteiger partial charge in [0.1, 0.15) is 0 Å². The fourth-order valence-electron chi connectivity index (χ4n) is 1.89. The molecule has 0 aliphatic carbocycles. The first-order chi connectivity index (χ1) is 9.29. The van der Waals surface area contributed by atoms with E-state index in [1.165, 1.54) is 5.06 Å². The summed E-state index contributed by atoms with van der Waals surface area (Å²) < 4.78 is 4.98. The van der Waals surface area contributed by atoms with Crippen LogP contribution in [0.25, 0.3) is 11.4 Å². The molecule has 19 heavy (non-hydrogen) atoms. The topological polar surface area (TPSA) is 94.5 Å². The summed E-state index contributed by atoms with van der Waals surface area (Å²) in [5.41, 5.74) is 6.71. The standard InChI is InChI=1S/C12H12N4O3/c13-7-10-14-12(15-19-10)8-3-1-2-4-9(8)16-11(17)5-6-18-16/h1-4H,5-7,13H2. The average molecular weight is 260 g/mol. The Hall–Kier alpha value is -2.25. The van der Waals surface area contributed by atoms with Crippen molar-refractivity contribution in [2.75, 3.05) is 11.7 Å². The van der Waals surface area contributed by atoms with E-state index in [1.807, 2.05) is 12.1 Å². The number of carbonyl (C=O) groups is 1. The highest BCUT2D eigenvalue weighted by atomic mass is 16.7. The van der Waals surface area contributed by atoms with Gasteiger partial charge in [0.15, 0.2) is 0 Å². The summed E-state index contributed by atoms with van der Waals surface area (Å²) in [5, 5.41) is 5.13. The molecule has 2 N–H and O–H groups in total. The number of para-hydroxylation sites is 1. The molecule has 1 aromatic heterocycles. The number of hydrogen-bond acceptors (Lipinski definition) is 6. The Balaban J connectivity index is 2.04. The van der Waals surface area contributed by atoms with E-state index in [-0.39, 0.29) is 12.5 Å².